The van der Waals surface area contributed by atoms with Gasteiger partial charge >= 0.3 is 5.97 Å². The molecule has 0 N–H and O–H groups in total. The van der Waals surface area contributed by atoms with Crippen LogP contribution in [0.1, 0.15) is 0 Å². The summed E-state index contributed by atoms with van der Waals surface area (Å²) in [5.41, 5.74) is 1.59. The summed E-state index contributed by atoms with van der Waals surface area (Å²) in [5, 5.41) is 8.94. The Balaban J connectivity index is 2.05. The van der Waals surface area contributed by atoms with E-state index in [1.807, 2.05) is 30.3 Å². The maximum Gasteiger partial charge on any atom is 0.316 e. The van der Waals surface area contributed by atoms with Crippen molar-refractivity contribution >= 4 is 17.7 Å². The van der Waals surface area contributed by atoms with Crippen molar-refractivity contribution in [2.24, 2.45) is 0 Å². The number of thioether (sulfide) groups is 1. The van der Waals surface area contributed by atoms with E-state index >= 15 is 0 Å². The van der Waals surface area contributed by atoms with Gasteiger partial charge in [0.05, 0.1) is 12.9 Å². The summed E-state index contributed by atoms with van der Waals surface area (Å²) in [4.78, 5) is 11.4. The first-order valence-electron chi connectivity index (χ1n) is 7.15. The molecule has 7 heteroatoms. The van der Waals surface area contributed by atoms with Gasteiger partial charge in [0.2, 0.25) is 0 Å². The largest absolute Gasteiger partial charge is 0.468 e. The van der Waals surface area contributed by atoms with Gasteiger partial charge in [-0.25, -0.2) is 4.39 Å². The van der Waals surface area contributed by atoms with Crippen LogP contribution >= 0.6 is 11.8 Å². The number of carbonyl (C=O) groups excluding carboxylic acids is 1. The molecule has 1 aromatic heterocycles. The zero-order valence-electron chi connectivity index (χ0n) is 12.8. The lowest BCUT2D eigenvalue weighted by molar-refractivity contribution is -0.137. The molecule has 0 fully saturated rings. The molecule has 0 aliphatic rings. The zero-order valence-corrected chi connectivity index (χ0v) is 13.7. The highest BCUT2D eigenvalue weighted by molar-refractivity contribution is 7.99. The average molecular weight is 343 g/mol. The first-order chi connectivity index (χ1) is 11.7. The fourth-order valence-corrected chi connectivity index (χ4v) is 2.93. The number of methoxy groups -OCH3 is 1. The van der Waals surface area contributed by atoms with Crippen molar-refractivity contribution in [3.05, 3.63) is 60.4 Å². The summed E-state index contributed by atoms with van der Waals surface area (Å²) in [5.74, 6) is 0.0614. The van der Waals surface area contributed by atoms with Crippen molar-refractivity contribution in [2.45, 2.75) is 5.16 Å². The monoisotopic (exact) mass is 343 g/mol. The molecule has 2 aromatic carbocycles. The molecule has 0 unspecified atom stereocenters. The summed E-state index contributed by atoms with van der Waals surface area (Å²) in [6.45, 7) is 0. The summed E-state index contributed by atoms with van der Waals surface area (Å²) < 4.78 is 19.7. The predicted octanol–water partition coefficient (Wildman–Crippen LogP) is 3.34. The normalized spacial score (nSPS) is 10.6. The summed E-state index contributed by atoms with van der Waals surface area (Å²) in [6.07, 6.45) is 0. The number of rotatable bonds is 5. The Morgan fingerprint density at radius 3 is 2.50 bits per heavy atom. The quantitative estimate of drug-likeness (QED) is 0.525. The molecule has 24 heavy (non-hydrogen) atoms. The van der Waals surface area contributed by atoms with E-state index in [4.69, 9.17) is 0 Å². The van der Waals surface area contributed by atoms with Gasteiger partial charge in [-0.05, 0) is 24.3 Å². The van der Waals surface area contributed by atoms with Crippen LogP contribution in [0.3, 0.4) is 0 Å². The third kappa shape index (κ3) is 3.46. The third-order valence-electron chi connectivity index (χ3n) is 3.30. The standard InChI is InChI=1S/C17H14FN3O2S/c1-23-15(22)11-24-17-20-19-16(12-5-3-2-4-6-12)21(17)14-9-7-13(18)8-10-14/h2-10H,11H2,1H3. The van der Waals surface area contributed by atoms with Gasteiger partial charge < -0.3 is 4.74 Å². The molecule has 0 bridgehead atoms. The molecule has 0 aliphatic heterocycles. The van der Waals surface area contributed by atoms with E-state index in [9.17, 15) is 9.18 Å². The topological polar surface area (TPSA) is 57.0 Å². The van der Waals surface area contributed by atoms with E-state index in [1.54, 1.807) is 16.7 Å². The second-order valence-electron chi connectivity index (χ2n) is 4.85. The van der Waals surface area contributed by atoms with Crippen molar-refractivity contribution in [2.75, 3.05) is 12.9 Å². The smallest absolute Gasteiger partial charge is 0.316 e. The fourth-order valence-electron chi connectivity index (χ4n) is 2.14. The lowest BCUT2D eigenvalue weighted by Crippen LogP contribution is -2.05. The van der Waals surface area contributed by atoms with Crippen LogP contribution in [0, 0.1) is 5.82 Å². The molecule has 0 radical (unpaired) electrons. The van der Waals surface area contributed by atoms with Gasteiger partial charge in [0.15, 0.2) is 11.0 Å². The summed E-state index contributed by atoms with van der Waals surface area (Å²) in [7, 11) is 1.34. The van der Waals surface area contributed by atoms with Crippen LogP contribution in [0.5, 0.6) is 0 Å². The van der Waals surface area contributed by atoms with E-state index in [-0.39, 0.29) is 17.5 Å². The number of carbonyl (C=O) groups is 1. The van der Waals surface area contributed by atoms with Crippen LogP contribution in [0.15, 0.2) is 59.8 Å². The predicted molar refractivity (Wildman–Crippen MR) is 89.5 cm³/mol. The van der Waals surface area contributed by atoms with E-state index in [1.165, 1.54) is 31.0 Å². The molecule has 5 nitrogen and oxygen atoms in total. The Hall–Kier alpha value is -2.67. The number of benzene rings is 2. The molecule has 0 saturated heterocycles. The van der Waals surface area contributed by atoms with Crippen molar-refractivity contribution in [1.29, 1.82) is 0 Å². The lowest BCUT2D eigenvalue weighted by Gasteiger charge is -2.10. The Morgan fingerprint density at radius 1 is 1.12 bits per heavy atom. The highest BCUT2D eigenvalue weighted by atomic mass is 32.2. The summed E-state index contributed by atoms with van der Waals surface area (Å²) in [6, 6.07) is 15.6. The maximum atomic E-state index is 13.2. The van der Waals surface area contributed by atoms with Crippen LogP contribution in [0.4, 0.5) is 4.39 Å². The van der Waals surface area contributed by atoms with Gasteiger partial charge in [-0.3, -0.25) is 9.36 Å². The van der Waals surface area contributed by atoms with Crippen LogP contribution in [0.2, 0.25) is 0 Å². The second kappa shape index (κ2) is 7.27. The molecule has 1 heterocycles. The van der Waals surface area contributed by atoms with E-state index in [0.29, 0.717) is 16.7 Å². The van der Waals surface area contributed by atoms with Crippen LogP contribution in [0.25, 0.3) is 17.1 Å². The molecule has 3 aromatic rings. The van der Waals surface area contributed by atoms with Crippen molar-refractivity contribution < 1.29 is 13.9 Å². The molecule has 3 rings (SSSR count). The highest BCUT2D eigenvalue weighted by Gasteiger charge is 2.17. The minimum atomic E-state index is -0.352. The number of hydrogen-bond acceptors (Lipinski definition) is 5. The van der Waals surface area contributed by atoms with E-state index in [0.717, 1.165) is 5.56 Å². The molecule has 0 spiro atoms. The van der Waals surface area contributed by atoms with Crippen molar-refractivity contribution in [3.8, 4) is 17.1 Å². The van der Waals surface area contributed by atoms with Crippen molar-refractivity contribution in [3.63, 3.8) is 0 Å². The number of ether oxygens (including phenoxy) is 1. The van der Waals surface area contributed by atoms with Gasteiger partial charge in [-0.2, -0.15) is 0 Å². The zero-order chi connectivity index (χ0) is 16.9. The minimum absolute atomic E-state index is 0.116. The van der Waals surface area contributed by atoms with Crippen LogP contribution in [-0.4, -0.2) is 33.6 Å². The molecule has 122 valence electrons. The first kappa shape index (κ1) is 16.2. The molecule has 0 aliphatic carbocycles. The Bertz CT molecular complexity index is 835. The number of nitrogens with zero attached hydrogens (tertiary/aromatic N) is 3. The van der Waals surface area contributed by atoms with E-state index in [2.05, 4.69) is 14.9 Å². The fraction of sp³-hybridized carbons (Fsp3) is 0.118. The summed E-state index contributed by atoms with van der Waals surface area (Å²) >= 11 is 1.22. The third-order valence-corrected chi connectivity index (χ3v) is 4.20. The minimum Gasteiger partial charge on any atom is -0.468 e. The molecule has 0 atom stereocenters. The lowest BCUT2D eigenvalue weighted by atomic mass is 10.2. The van der Waals surface area contributed by atoms with Gasteiger partial charge in [0.1, 0.15) is 5.82 Å². The van der Waals surface area contributed by atoms with Gasteiger partial charge in [-0.1, -0.05) is 42.1 Å². The average Bonchev–Trinajstić information content (AvgIpc) is 3.05. The number of halogens is 1. The molecular formula is C17H14FN3O2S. The Morgan fingerprint density at radius 2 is 1.83 bits per heavy atom. The van der Waals surface area contributed by atoms with Crippen molar-refractivity contribution in [1.82, 2.24) is 14.8 Å². The van der Waals surface area contributed by atoms with E-state index < -0.39 is 0 Å². The van der Waals surface area contributed by atoms with Crippen LogP contribution < -0.4 is 0 Å². The Labute approximate surface area is 142 Å². The number of esters is 1. The maximum absolute atomic E-state index is 13.2. The van der Waals surface area contributed by atoms with Crippen LogP contribution in [-0.2, 0) is 9.53 Å². The molecule has 0 amide bonds. The molecular weight excluding hydrogens is 329 g/mol. The number of hydrogen-bond donors (Lipinski definition) is 0. The Kier molecular flexibility index (Phi) is 4.90. The molecule has 0 saturated carbocycles. The SMILES string of the molecule is COC(=O)CSc1nnc(-c2ccccc2)n1-c1ccc(F)cc1. The number of aromatic nitrogens is 3. The van der Waals surface area contributed by atoms with Gasteiger partial charge in [-0.15, -0.1) is 10.2 Å². The van der Waals surface area contributed by atoms with Gasteiger partial charge in [0, 0.05) is 11.3 Å². The first-order valence-corrected chi connectivity index (χ1v) is 8.14. The highest BCUT2D eigenvalue weighted by Crippen LogP contribution is 2.28. The van der Waals surface area contributed by atoms with Gasteiger partial charge in [0.25, 0.3) is 0 Å². The second-order valence-corrected chi connectivity index (χ2v) is 5.79.